The Morgan fingerprint density at radius 1 is 1.13 bits per heavy atom. The van der Waals surface area contributed by atoms with Crippen LogP contribution in [0.25, 0.3) is 0 Å². The van der Waals surface area contributed by atoms with E-state index < -0.39 is 6.04 Å². The first-order valence-electron chi connectivity index (χ1n) is 11.5. The summed E-state index contributed by atoms with van der Waals surface area (Å²) in [7, 11) is 0. The fourth-order valence-electron chi connectivity index (χ4n) is 5.23. The molecule has 8 heteroatoms. The second-order valence-electron chi connectivity index (χ2n) is 10.4. The van der Waals surface area contributed by atoms with Crippen LogP contribution in [0.3, 0.4) is 0 Å². The van der Waals surface area contributed by atoms with Gasteiger partial charge in [-0.3, -0.25) is 14.4 Å². The molecular weight excluding hydrogens is 412 g/mol. The molecule has 1 atom stereocenters. The Labute approximate surface area is 188 Å². The molecule has 1 saturated carbocycles. The molecule has 4 rings (SSSR count). The molecule has 0 spiro atoms. The van der Waals surface area contributed by atoms with Gasteiger partial charge in [0.15, 0.2) is 0 Å². The molecule has 0 radical (unpaired) electrons. The number of rotatable bonds is 4. The zero-order valence-electron chi connectivity index (χ0n) is 19.0. The van der Waals surface area contributed by atoms with Crippen LogP contribution >= 0.6 is 11.3 Å². The number of hydrogen-bond donors (Lipinski definition) is 2. The van der Waals surface area contributed by atoms with Crippen LogP contribution in [-0.2, 0) is 9.59 Å². The van der Waals surface area contributed by atoms with Crippen LogP contribution in [0, 0.1) is 16.7 Å². The van der Waals surface area contributed by atoms with Gasteiger partial charge in [-0.1, -0.05) is 27.7 Å². The lowest BCUT2D eigenvalue weighted by molar-refractivity contribution is -0.135. The van der Waals surface area contributed by atoms with E-state index in [9.17, 15) is 14.4 Å². The fraction of sp³-hybridized carbons (Fsp3) is 0.739. The quantitative estimate of drug-likeness (QED) is 0.744. The monoisotopic (exact) mass is 446 g/mol. The van der Waals surface area contributed by atoms with Crippen molar-refractivity contribution in [1.82, 2.24) is 20.5 Å². The summed E-state index contributed by atoms with van der Waals surface area (Å²) in [6, 6.07) is -0.481. The van der Waals surface area contributed by atoms with Gasteiger partial charge in [0.2, 0.25) is 11.8 Å². The molecule has 3 heterocycles. The maximum Gasteiger partial charge on any atom is 0.271 e. The summed E-state index contributed by atoms with van der Waals surface area (Å²) in [6.45, 7) is 10.9. The van der Waals surface area contributed by atoms with Gasteiger partial charge >= 0.3 is 0 Å². The predicted molar refractivity (Wildman–Crippen MR) is 120 cm³/mol. The van der Waals surface area contributed by atoms with Gasteiger partial charge < -0.3 is 15.5 Å². The summed E-state index contributed by atoms with van der Waals surface area (Å²) in [4.78, 5) is 44.3. The van der Waals surface area contributed by atoms with Crippen molar-refractivity contribution in [3.63, 3.8) is 0 Å². The second-order valence-corrected chi connectivity index (χ2v) is 11.2. The molecule has 31 heavy (non-hydrogen) atoms. The van der Waals surface area contributed by atoms with Crippen LogP contribution in [0.1, 0.15) is 81.2 Å². The SMILES string of the molecule is CC1(C)C(C(=O)N2CCC(c3nc(C(=O)NC4CCCCNC4=O)cs3)CC2)C1(C)C. The molecule has 3 aliphatic rings. The molecule has 2 saturated heterocycles. The maximum absolute atomic E-state index is 13.0. The van der Waals surface area contributed by atoms with Gasteiger partial charge in [-0.05, 0) is 42.9 Å². The van der Waals surface area contributed by atoms with Gasteiger partial charge in [0, 0.05) is 36.9 Å². The van der Waals surface area contributed by atoms with Crippen molar-refractivity contribution >= 4 is 29.1 Å². The van der Waals surface area contributed by atoms with Gasteiger partial charge in [0.1, 0.15) is 11.7 Å². The molecule has 3 amide bonds. The van der Waals surface area contributed by atoms with Crippen LogP contribution < -0.4 is 10.6 Å². The zero-order valence-corrected chi connectivity index (χ0v) is 19.8. The van der Waals surface area contributed by atoms with Gasteiger partial charge in [0.25, 0.3) is 5.91 Å². The van der Waals surface area contributed by atoms with Gasteiger partial charge in [-0.15, -0.1) is 11.3 Å². The molecule has 7 nitrogen and oxygen atoms in total. The summed E-state index contributed by atoms with van der Waals surface area (Å²) in [6.07, 6.45) is 4.27. The Morgan fingerprint density at radius 3 is 2.45 bits per heavy atom. The molecule has 1 aromatic heterocycles. The Kier molecular flexibility index (Phi) is 5.87. The fourth-order valence-corrected chi connectivity index (χ4v) is 6.20. The molecule has 1 aromatic rings. The van der Waals surface area contributed by atoms with E-state index >= 15 is 0 Å². The van der Waals surface area contributed by atoms with Gasteiger partial charge in [0.05, 0.1) is 5.01 Å². The highest BCUT2D eigenvalue weighted by atomic mass is 32.1. The van der Waals surface area contributed by atoms with Crippen LogP contribution in [-0.4, -0.2) is 53.3 Å². The Morgan fingerprint density at radius 2 is 1.81 bits per heavy atom. The summed E-state index contributed by atoms with van der Waals surface area (Å²) in [5.41, 5.74) is 0.511. The number of nitrogens with zero attached hydrogens (tertiary/aromatic N) is 2. The molecule has 3 fully saturated rings. The first kappa shape index (κ1) is 22.2. The summed E-state index contributed by atoms with van der Waals surface area (Å²) < 4.78 is 0. The van der Waals surface area contributed by atoms with Crippen LogP contribution in [0.4, 0.5) is 0 Å². The third-order valence-corrected chi connectivity index (χ3v) is 9.03. The highest BCUT2D eigenvalue weighted by Gasteiger charge is 2.68. The molecule has 2 N–H and O–H groups in total. The highest BCUT2D eigenvalue weighted by Crippen LogP contribution is 2.68. The van der Waals surface area contributed by atoms with Crippen molar-refractivity contribution in [2.75, 3.05) is 19.6 Å². The number of aromatic nitrogens is 1. The van der Waals surface area contributed by atoms with E-state index in [0.717, 1.165) is 43.8 Å². The van der Waals surface area contributed by atoms with Crippen molar-refractivity contribution < 1.29 is 14.4 Å². The molecular formula is C23H34N4O3S. The zero-order chi connectivity index (χ0) is 22.4. The molecule has 1 unspecified atom stereocenters. The minimum absolute atomic E-state index is 0.0623. The normalized spacial score (nSPS) is 26.1. The van der Waals surface area contributed by atoms with E-state index in [1.807, 2.05) is 4.90 Å². The number of piperidine rings is 1. The predicted octanol–water partition coefficient (Wildman–Crippen LogP) is 2.93. The van der Waals surface area contributed by atoms with Gasteiger partial charge in [-0.25, -0.2) is 4.98 Å². The minimum atomic E-state index is -0.481. The largest absolute Gasteiger partial charge is 0.354 e. The number of hydrogen-bond acceptors (Lipinski definition) is 5. The highest BCUT2D eigenvalue weighted by molar-refractivity contribution is 7.09. The Bertz CT molecular complexity index is 856. The number of carbonyl (C=O) groups is 3. The summed E-state index contributed by atoms with van der Waals surface area (Å²) in [5, 5.41) is 8.42. The van der Waals surface area contributed by atoms with Crippen LogP contribution in [0.15, 0.2) is 5.38 Å². The first-order chi connectivity index (χ1) is 14.6. The average molecular weight is 447 g/mol. The van der Waals surface area contributed by atoms with Crippen molar-refractivity contribution in [2.24, 2.45) is 16.7 Å². The second kappa shape index (κ2) is 8.19. The van der Waals surface area contributed by atoms with E-state index in [0.29, 0.717) is 18.7 Å². The standard InChI is InChI=1S/C23H34N4O3S/c1-22(2)17(23(22,3)4)21(30)27-11-8-14(9-12-27)20-26-16(13-31-20)19(29)25-15-7-5-6-10-24-18(15)28/h13-15,17H,5-12H2,1-4H3,(H,24,28)(H,25,29). The Hall–Kier alpha value is -1.96. The van der Waals surface area contributed by atoms with Crippen molar-refractivity contribution in [2.45, 2.75) is 71.8 Å². The molecule has 170 valence electrons. The topological polar surface area (TPSA) is 91.4 Å². The van der Waals surface area contributed by atoms with E-state index in [-0.39, 0.29) is 40.4 Å². The maximum atomic E-state index is 13.0. The molecule has 0 bridgehead atoms. The Balaban J connectivity index is 1.32. The average Bonchev–Trinajstić information content (AvgIpc) is 3.02. The lowest BCUT2D eigenvalue weighted by Gasteiger charge is -2.31. The van der Waals surface area contributed by atoms with Crippen molar-refractivity contribution in [1.29, 1.82) is 0 Å². The van der Waals surface area contributed by atoms with Crippen LogP contribution in [0.2, 0.25) is 0 Å². The molecule has 0 aromatic carbocycles. The number of amides is 3. The van der Waals surface area contributed by atoms with E-state index in [1.165, 1.54) is 11.3 Å². The van der Waals surface area contributed by atoms with E-state index in [1.54, 1.807) is 5.38 Å². The minimum Gasteiger partial charge on any atom is -0.354 e. The van der Waals surface area contributed by atoms with E-state index in [2.05, 4.69) is 43.3 Å². The summed E-state index contributed by atoms with van der Waals surface area (Å²) in [5.74, 6) is 0.273. The number of carbonyl (C=O) groups excluding carboxylic acids is 3. The first-order valence-corrected chi connectivity index (χ1v) is 12.3. The smallest absolute Gasteiger partial charge is 0.271 e. The van der Waals surface area contributed by atoms with E-state index in [4.69, 9.17) is 0 Å². The summed E-state index contributed by atoms with van der Waals surface area (Å²) >= 11 is 1.50. The number of likely N-dealkylation sites (tertiary alicyclic amines) is 1. The lowest BCUT2D eigenvalue weighted by Crippen LogP contribution is -2.45. The molecule has 2 aliphatic heterocycles. The molecule has 1 aliphatic carbocycles. The lowest BCUT2D eigenvalue weighted by atomic mass is 9.96. The number of nitrogens with one attached hydrogen (secondary N) is 2. The number of thiazole rings is 1. The van der Waals surface area contributed by atoms with Crippen molar-refractivity contribution in [3.8, 4) is 0 Å². The van der Waals surface area contributed by atoms with Crippen molar-refractivity contribution in [3.05, 3.63) is 16.1 Å². The van der Waals surface area contributed by atoms with Crippen LogP contribution in [0.5, 0.6) is 0 Å². The van der Waals surface area contributed by atoms with Gasteiger partial charge in [-0.2, -0.15) is 0 Å². The third-order valence-electron chi connectivity index (χ3n) is 8.02. The third kappa shape index (κ3) is 4.11.